The van der Waals surface area contributed by atoms with Gasteiger partial charge in [-0.25, -0.2) is 0 Å². The van der Waals surface area contributed by atoms with Crippen molar-refractivity contribution in [1.82, 2.24) is 15.4 Å². The Morgan fingerprint density at radius 3 is 2.50 bits per heavy atom. The molecule has 0 radical (unpaired) electrons. The average molecular weight is 507 g/mol. The van der Waals surface area contributed by atoms with Gasteiger partial charge in [0.2, 0.25) is 0 Å². The van der Waals surface area contributed by atoms with Crippen LogP contribution in [0, 0.1) is 13.8 Å². The van der Waals surface area contributed by atoms with Gasteiger partial charge >= 0.3 is 0 Å². The number of guanidine groups is 1. The van der Waals surface area contributed by atoms with Crippen LogP contribution in [-0.2, 0) is 13.0 Å². The molecule has 1 heterocycles. The van der Waals surface area contributed by atoms with Crippen molar-refractivity contribution in [1.29, 1.82) is 0 Å². The summed E-state index contributed by atoms with van der Waals surface area (Å²) in [6.45, 7) is 5.52. The van der Waals surface area contributed by atoms with E-state index in [1.54, 1.807) is 7.05 Å². The zero-order valence-corrected chi connectivity index (χ0v) is 18.4. The van der Waals surface area contributed by atoms with Crippen LogP contribution in [0.15, 0.2) is 38.3 Å². The first-order valence-electron chi connectivity index (χ1n) is 7.59. The van der Waals surface area contributed by atoms with Crippen LogP contribution in [-0.4, -0.2) is 36.7 Å². The zero-order valence-electron chi connectivity index (χ0n) is 14.5. The largest absolute Gasteiger partial charge is 0.361 e. The van der Waals surface area contributed by atoms with E-state index in [0.717, 1.165) is 41.4 Å². The van der Waals surface area contributed by atoms with Crippen molar-refractivity contribution in [2.24, 2.45) is 4.99 Å². The molecule has 5 nitrogen and oxygen atoms in total. The first-order chi connectivity index (χ1) is 11.0. The smallest absolute Gasteiger partial charge is 0.193 e. The molecule has 2 rings (SSSR count). The summed E-state index contributed by atoms with van der Waals surface area (Å²) in [7, 11) is 3.84. The van der Waals surface area contributed by atoms with Gasteiger partial charge in [0.05, 0.1) is 5.69 Å². The van der Waals surface area contributed by atoms with E-state index in [9.17, 15) is 0 Å². The first kappa shape index (κ1) is 21.0. The number of nitrogens with one attached hydrogen (secondary N) is 1. The Morgan fingerprint density at radius 2 is 1.96 bits per heavy atom. The molecule has 1 N–H and O–H groups in total. The fourth-order valence-electron chi connectivity index (χ4n) is 2.48. The monoisotopic (exact) mass is 506 g/mol. The van der Waals surface area contributed by atoms with E-state index in [-0.39, 0.29) is 24.0 Å². The number of benzene rings is 1. The molecule has 0 saturated heterocycles. The number of rotatable bonds is 5. The van der Waals surface area contributed by atoms with Crippen LogP contribution in [0.3, 0.4) is 0 Å². The molecule has 132 valence electrons. The molecular formula is C17H24BrIN4O. The Balaban J connectivity index is 0.00000288. The second kappa shape index (κ2) is 10.0. The second-order valence-electron chi connectivity index (χ2n) is 5.51. The van der Waals surface area contributed by atoms with Gasteiger partial charge in [-0.1, -0.05) is 33.2 Å². The highest BCUT2D eigenvalue weighted by Gasteiger charge is 2.10. The lowest BCUT2D eigenvalue weighted by molar-refractivity contribution is 0.392. The normalized spacial score (nSPS) is 11.1. The summed E-state index contributed by atoms with van der Waals surface area (Å²) in [4.78, 5) is 6.46. The summed E-state index contributed by atoms with van der Waals surface area (Å²) in [5.41, 5.74) is 3.37. The molecule has 2 aromatic rings. The molecule has 0 unspecified atom stereocenters. The summed E-state index contributed by atoms with van der Waals surface area (Å²) in [6.07, 6.45) is 0.867. The molecule has 0 spiro atoms. The van der Waals surface area contributed by atoms with Gasteiger partial charge in [-0.15, -0.1) is 24.0 Å². The molecule has 0 aliphatic heterocycles. The number of hydrogen-bond donors (Lipinski definition) is 1. The number of halogens is 2. The molecule has 0 saturated carbocycles. The van der Waals surface area contributed by atoms with Crippen molar-refractivity contribution in [3.8, 4) is 0 Å². The Hall–Kier alpha value is -1.09. The number of aromatic nitrogens is 1. The Kier molecular flexibility index (Phi) is 8.75. The highest BCUT2D eigenvalue weighted by Crippen LogP contribution is 2.13. The van der Waals surface area contributed by atoms with Crippen LogP contribution in [0.1, 0.15) is 22.6 Å². The van der Waals surface area contributed by atoms with Crippen LogP contribution in [0.25, 0.3) is 0 Å². The molecule has 0 bridgehead atoms. The van der Waals surface area contributed by atoms with Gasteiger partial charge in [0.1, 0.15) is 5.76 Å². The predicted octanol–water partition coefficient (Wildman–Crippen LogP) is 3.92. The average Bonchev–Trinajstić information content (AvgIpc) is 2.85. The van der Waals surface area contributed by atoms with Crippen LogP contribution in [0.2, 0.25) is 0 Å². The van der Waals surface area contributed by atoms with Gasteiger partial charge in [0.15, 0.2) is 5.96 Å². The van der Waals surface area contributed by atoms with E-state index in [1.807, 2.05) is 20.9 Å². The minimum Gasteiger partial charge on any atom is -0.361 e. The molecule has 1 aromatic heterocycles. The lowest BCUT2D eigenvalue weighted by Crippen LogP contribution is -2.39. The Labute approximate surface area is 169 Å². The van der Waals surface area contributed by atoms with Gasteiger partial charge in [-0.05, 0) is 38.0 Å². The predicted molar refractivity (Wildman–Crippen MR) is 112 cm³/mol. The second-order valence-corrected chi connectivity index (χ2v) is 6.42. The van der Waals surface area contributed by atoms with Crippen molar-refractivity contribution in [3.05, 3.63) is 51.3 Å². The quantitative estimate of drug-likeness (QED) is 0.379. The van der Waals surface area contributed by atoms with E-state index in [4.69, 9.17) is 4.52 Å². The topological polar surface area (TPSA) is 53.7 Å². The fourth-order valence-corrected chi connectivity index (χ4v) is 2.75. The van der Waals surface area contributed by atoms with Gasteiger partial charge in [-0.2, -0.15) is 0 Å². The summed E-state index contributed by atoms with van der Waals surface area (Å²) in [6, 6.07) is 8.32. The number of nitrogens with zero attached hydrogens (tertiary/aromatic N) is 3. The van der Waals surface area contributed by atoms with Crippen LogP contribution < -0.4 is 5.32 Å². The fraction of sp³-hybridized carbons (Fsp3) is 0.412. The van der Waals surface area contributed by atoms with Crippen molar-refractivity contribution in [2.45, 2.75) is 26.8 Å². The Bertz CT molecular complexity index is 650. The van der Waals surface area contributed by atoms with Gasteiger partial charge < -0.3 is 14.7 Å². The van der Waals surface area contributed by atoms with E-state index in [0.29, 0.717) is 0 Å². The standard InChI is InChI=1S/C17H23BrN4O.HI/c1-12-16(13(2)23-21-12)9-10-20-17(19-3)22(4)11-14-5-7-15(18)8-6-14;/h5-8H,9-11H2,1-4H3,(H,19,20);1H. The van der Waals surface area contributed by atoms with Crippen LogP contribution in [0.4, 0.5) is 0 Å². The first-order valence-corrected chi connectivity index (χ1v) is 8.38. The number of hydrogen-bond acceptors (Lipinski definition) is 3. The molecule has 24 heavy (non-hydrogen) atoms. The van der Waals surface area contributed by atoms with Crippen LogP contribution >= 0.6 is 39.9 Å². The molecule has 1 aromatic carbocycles. The van der Waals surface area contributed by atoms with Gasteiger partial charge in [0.25, 0.3) is 0 Å². The highest BCUT2D eigenvalue weighted by molar-refractivity contribution is 14.0. The van der Waals surface area contributed by atoms with Crippen molar-refractivity contribution >= 4 is 45.9 Å². The number of aliphatic imine (C=N–C) groups is 1. The summed E-state index contributed by atoms with van der Waals surface area (Å²) in [5.74, 6) is 1.77. The lowest BCUT2D eigenvalue weighted by Gasteiger charge is -2.22. The van der Waals surface area contributed by atoms with Gasteiger partial charge in [-0.3, -0.25) is 4.99 Å². The SMILES string of the molecule is CN=C(NCCc1c(C)noc1C)N(C)Cc1ccc(Br)cc1.I. The lowest BCUT2D eigenvalue weighted by atomic mass is 10.1. The molecule has 0 aliphatic carbocycles. The molecular weight excluding hydrogens is 483 g/mol. The van der Waals surface area contributed by atoms with Crippen molar-refractivity contribution in [2.75, 3.05) is 20.6 Å². The Morgan fingerprint density at radius 1 is 1.29 bits per heavy atom. The maximum atomic E-state index is 5.19. The number of aryl methyl sites for hydroxylation is 2. The van der Waals surface area contributed by atoms with Crippen molar-refractivity contribution < 1.29 is 4.52 Å². The molecule has 7 heteroatoms. The molecule has 0 atom stereocenters. The minimum absolute atomic E-state index is 0. The van der Waals surface area contributed by atoms with E-state index >= 15 is 0 Å². The highest BCUT2D eigenvalue weighted by atomic mass is 127. The minimum atomic E-state index is 0. The van der Waals surface area contributed by atoms with E-state index < -0.39 is 0 Å². The summed E-state index contributed by atoms with van der Waals surface area (Å²) >= 11 is 3.46. The molecule has 0 fully saturated rings. The maximum Gasteiger partial charge on any atom is 0.193 e. The summed E-state index contributed by atoms with van der Waals surface area (Å²) in [5, 5.41) is 7.38. The third kappa shape index (κ3) is 5.77. The molecule has 0 aliphatic rings. The summed E-state index contributed by atoms with van der Waals surface area (Å²) < 4.78 is 6.28. The van der Waals surface area contributed by atoms with E-state index in [1.165, 1.54) is 11.1 Å². The third-order valence-electron chi connectivity index (χ3n) is 3.75. The third-order valence-corrected chi connectivity index (χ3v) is 4.27. The van der Waals surface area contributed by atoms with Gasteiger partial charge in [0, 0.05) is 37.2 Å². The maximum absolute atomic E-state index is 5.19. The van der Waals surface area contributed by atoms with Crippen molar-refractivity contribution in [3.63, 3.8) is 0 Å². The van der Waals surface area contributed by atoms with Crippen LogP contribution in [0.5, 0.6) is 0 Å². The van der Waals surface area contributed by atoms with E-state index in [2.05, 4.69) is 60.6 Å². The molecule has 0 amide bonds. The zero-order chi connectivity index (χ0) is 16.8.